The van der Waals surface area contributed by atoms with Crippen molar-refractivity contribution in [1.82, 2.24) is 9.97 Å². The average Bonchev–Trinajstić information content (AvgIpc) is 2.29. The van der Waals surface area contributed by atoms with E-state index in [1.54, 1.807) is 19.4 Å². The molecule has 1 rings (SSSR count). The van der Waals surface area contributed by atoms with Crippen molar-refractivity contribution in [2.75, 3.05) is 19.0 Å². The highest BCUT2D eigenvalue weighted by Gasteiger charge is 1.96. The molecule has 4 heteroatoms. The Bertz CT molecular complexity index is 354. The number of nitrogens with zero attached hydrogens (tertiary/aromatic N) is 2. The van der Waals surface area contributed by atoms with Crippen LogP contribution in [0.2, 0.25) is 0 Å². The van der Waals surface area contributed by atoms with Crippen LogP contribution in [0.5, 0.6) is 5.88 Å². The molecule has 15 heavy (non-hydrogen) atoms. The third-order valence-electron chi connectivity index (χ3n) is 1.67. The molecule has 0 aliphatic rings. The van der Waals surface area contributed by atoms with E-state index in [0.717, 1.165) is 19.4 Å². The number of methoxy groups -OCH3 is 1. The van der Waals surface area contributed by atoms with Crippen molar-refractivity contribution in [2.24, 2.45) is 0 Å². The number of rotatable bonds is 4. The molecule has 0 aromatic carbocycles. The Hall–Kier alpha value is -1.76. The maximum absolute atomic E-state index is 4.98. The van der Waals surface area contributed by atoms with Crippen LogP contribution in [0.15, 0.2) is 12.3 Å². The standard InChI is InChI=1S/C11H15N3O/c1-3-4-5-6-8-12-11-13-9-7-10(14-11)15-2/h7,9H,3,6,8H2,1-2H3,(H,12,13,14). The minimum Gasteiger partial charge on any atom is -0.481 e. The summed E-state index contributed by atoms with van der Waals surface area (Å²) >= 11 is 0. The fourth-order valence-corrected chi connectivity index (χ4v) is 0.991. The van der Waals surface area contributed by atoms with Gasteiger partial charge >= 0.3 is 0 Å². The molecule has 1 aromatic heterocycles. The van der Waals surface area contributed by atoms with Crippen molar-refractivity contribution < 1.29 is 4.74 Å². The van der Waals surface area contributed by atoms with Crippen molar-refractivity contribution in [3.63, 3.8) is 0 Å². The third-order valence-corrected chi connectivity index (χ3v) is 1.67. The van der Waals surface area contributed by atoms with Gasteiger partial charge in [-0.2, -0.15) is 4.98 Å². The van der Waals surface area contributed by atoms with Crippen LogP contribution in [0.1, 0.15) is 19.8 Å². The second-order valence-electron chi connectivity index (χ2n) is 2.81. The minimum absolute atomic E-state index is 0.562. The lowest BCUT2D eigenvalue weighted by molar-refractivity contribution is 0.397. The van der Waals surface area contributed by atoms with E-state index in [2.05, 4.69) is 27.1 Å². The molecule has 0 amide bonds. The van der Waals surface area contributed by atoms with E-state index in [9.17, 15) is 0 Å². The summed E-state index contributed by atoms with van der Waals surface area (Å²) in [5.74, 6) is 7.17. The summed E-state index contributed by atoms with van der Waals surface area (Å²) in [5.41, 5.74) is 0. The van der Waals surface area contributed by atoms with Gasteiger partial charge in [-0.3, -0.25) is 0 Å². The summed E-state index contributed by atoms with van der Waals surface area (Å²) in [6.07, 6.45) is 3.36. The highest BCUT2D eigenvalue weighted by molar-refractivity contribution is 5.27. The number of anilines is 1. The quantitative estimate of drug-likeness (QED) is 0.600. The van der Waals surface area contributed by atoms with Crippen molar-refractivity contribution in [3.05, 3.63) is 12.3 Å². The Kier molecular flexibility index (Phi) is 5.02. The summed E-state index contributed by atoms with van der Waals surface area (Å²) in [5, 5.41) is 3.07. The van der Waals surface area contributed by atoms with Gasteiger partial charge in [-0.15, -0.1) is 11.8 Å². The van der Waals surface area contributed by atoms with Gasteiger partial charge in [-0.25, -0.2) is 4.98 Å². The predicted molar refractivity (Wildman–Crippen MR) is 59.8 cm³/mol. The fraction of sp³-hybridized carbons (Fsp3) is 0.455. The lowest BCUT2D eigenvalue weighted by Gasteiger charge is -2.03. The first kappa shape index (κ1) is 11.3. The monoisotopic (exact) mass is 205 g/mol. The smallest absolute Gasteiger partial charge is 0.225 e. The van der Waals surface area contributed by atoms with E-state index < -0.39 is 0 Å². The molecule has 1 N–H and O–H groups in total. The van der Waals surface area contributed by atoms with E-state index in [0.29, 0.717) is 11.8 Å². The van der Waals surface area contributed by atoms with Crippen LogP contribution in [0, 0.1) is 11.8 Å². The molecule has 0 bridgehead atoms. The second-order valence-corrected chi connectivity index (χ2v) is 2.81. The topological polar surface area (TPSA) is 47.0 Å². The Morgan fingerprint density at radius 2 is 2.33 bits per heavy atom. The lowest BCUT2D eigenvalue weighted by Crippen LogP contribution is -2.04. The number of hydrogen-bond donors (Lipinski definition) is 1. The number of nitrogens with one attached hydrogen (secondary N) is 1. The first-order chi connectivity index (χ1) is 7.36. The number of ether oxygens (including phenoxy) is 1. The molecule has 0 fully saturated rings. The average molecular weight is 205 g/mol. The maximum Gasteiger partial charge on any atom is 0.225 e. The summed E-state index contributed by atoms with van der Waals surface area (Å²) in [6, 6.07) is 1.71. The van der Waals surface area contributed by atoms with Crippen LogP contribution in [0.4, 0.5) is 5.95 Å². The zero-order valence-electron chi connectivity index (χ0n) is 9.08. The summed E-state index contributed by atoms with van der Waals surface area (Å²) in [6.45, 7) is 2.78. The largest absolute Gasteiger partial charge is 0.481 e. The Morgan fingerprint density at radius 3 is 3.07 bits per heavy atom. The second kappa shape index (κ2) is 6.66. The van der Waals surface area contributed by atoms with Gasteiger partial charge in [-0.05, 0) is 0 Å². The summed E-state index contributed by atoms with van der Waals surface area (Å²) in [7, 11) is 1.58. The van der Waals surface area contributed by atoms with Gasteiger partial charge in [0.25, 0.3) is 0 Å². The third kappa shape index (κ3) is 4.32. The van der Waals surface area contributed by atoms with E-state index >= 15 is 0 Å². The van der Waals surface area contributed by atoms with Crippen LogP contribution < -0.4 is 10.1 Å². The van der Waals surface area contributed by atoms with E-state index in [1.807, 2.05) is 6.92 Å². The number of aromatic nitrogens is 2. The van der Waals surface area contributed by atoms with Crippen molar-refractivity contribution in [3.8, 4) is 17.7 Å². The lowest BCUT2D eigenvalue weighted by atomic mass is 10.4. The normalized spacial score (nSPS) is 8.93. The summed E-state index contributed by atoms with van der Waals surface area (Å²) in [4.78, 5) is 8.17. The molecule has 0 atom stereocenters. The molecule has 80 valence electrons. The predicted octanol–water partition coefficient (Wildman–Crippen LogP) is 1.70. The highest BCUT2D eigenvalue weighted by Crippen LogP contribution is 2.06. The van der Waals surface area contributed by atoms with Gasteiger partial charge in [0.05, 0.1) is 7.11 Å². The molecule has 0 aliphatic carbocycles. The molecular weight excluding hydrogens is 190 g/mol. The van der Waals surface area contributed by atoms with Gasteiger partial charge < -0.3 is 10.1 Å². The number of hydrogen-bond acceptors (Lipinski definition) is 4. The van der Waals surface area contributed by atoms with Gasteiger partial charge in [0.2, 0.25) is 11.8 Å². The molecule has 0 saturated carbocycles. The zero-order valence-corrected chi connectivity index (χ0v) is 9.08. The molecule has 1 heterocycles. The SMILES string of the molecule is CCC#CCCNc1nccc(OC)n1. The van der Waals surface area contributed by atoms with Gasteiger partial charge in [0, 0.05) is 31.6 Å². The zero-order chi connectivity index (χ0) is 10.9. The van der Waals surface area contributed by atoms with Crippen molar-refractivity contribution >= 4 is 5.95 Å². The van der Waals surface area contributed by atoms with Gasteiger partial charge in [0.1, 0.15) is 0 Å². The fourth-order valence-electron chi connectivity index (χ4n) is 0.991. The minimum atomic E-state index is 0.562. The van der Waals surface area contributed by atoms with E-state index in [4.69, 9.17) is 4.74 Å². The first-order valence-electron chi connectivity index (χ1n) is 4.93. The summed E-state index contributed by atoms with van der Waals surface area (Å²) < 4.78 is 4.98. The maximum atomic E-state index is 4.98. The van der Waals surface area contributed by atoms with E-state index in [-0.39, 0.29) is 0 Å². The van der Waals surface area contributed by atoms with Gasteiger partial charge in [0.15, 0.2) is 0 Å². The van der Waals surface area contributed by atoms with Crippen molar-refractivity contribution in [1.29, 1.82) is 0 Å². The van der Waals surface area contributed by atoms with Gasteiger partial charge in [-0.1, -0.05) is 6.92 Å². The van der Waals surface area contributed by atoms with Crippen LogP contribution in [0.3, 0.4) is 0 Å². The van der Waals surface area contributed by atoms with Crippen LogP contribution in [-0.2, 0) is 0 Å². The molecule has 4 nitrogen and oxygen atoms in total. The Labute approximate surface area is 90.1 Å². The molecule has 0 unspecified atom stereocenters. The van der Waals surface area contributed by atoms with Crippen LogP contribution in [0.25, 0.3) is 0 Å². The van der Waals surface area contributed by atoms with Crippen LogP contribution in [-0.4, -0.2) is 23.6 Å². The first-order valence-corrected chi connectivity index (χ1v) is 4.93. The van der Waals surface area contributed by atoms with Crippen LogP contribution >= 0.6 is 0 Å². The Morgan fingerprint density at radius 1 is 1.47 bits per heavy atom. The molecule has 0 spiro atoms. The van der Waals surface area contributed by atoms with Crippen molar-refractivity contribution in [2.45, 2.75) is 19.8 Å². The molecule has 0 aliphatic heterocycles. The highest BCUT2D eigenvalue weighted by atomic mass is 16.5. The molecular formula is C11H15N3O. The molecule has 1 aromatic rings. The Balaban J connectivity index is 2.37. The van der Waals surface area contributed by atoms with E-state index in [1.165, 1.54) is 0 Å². The molecule has 0 radical (unpaired) electrons. The molecule has 0 saturated heterocycles.